The van der Waals surface area contributed by atoms with Gasteiger partial charge in [0.2, 0.25) is 0 Å². The molecule has 10 heteroatoms. The van der Waals surface area contributed by atoms with Gasteiger partial charge >= 0.3 is 5.97 Å². The number of rotatable bonds is 7. The van der Waals surface area contributed by atoms with Gasteiger partial charge in [-0.25, -0.2) is 8.42 Å². The Hall–Kier alpha value is -0.710. The molecule has 0 saturated carbocycles. The molecule has 0 aromatic carbocycles. The fourth-order valence-electron chi connectivity index (χ4n) is 2.26. The Morgan fingerprint density at radius 2 is 2.00 bits per heavy atom. The average molecular weight is 342 g/mol. The molecule has 8 nitrogen and oxygen atoms in total. The van der Waals surface area contributed by atoms with Crippen LogP contribution in [0.1, 0.15) is 19.8 Å². The first-order valence-corrected chi connectivity index (χ1v) is 9.86. The van der Waals surface area contributed by atoms with E-state index in [0.717, 1.165) is 4.31 Å². The third-order valence-electron chi connectivity index (χ3n) is 3.48. The van der Waals surface area contributed by atoms with Crippen molar-refractivity contribution in [2.45, 2.75) is 25.8 Å². The first kappa shape index (κ1) is 18.3. The highest BCUT2D eigenvalue weighted by Gasteiger charge is 2.38. The number of nitrogens with zero attached hydrogens (tertiary/aromatic N) is 2. The van der Waals surface area contributed by atoms with Gasteiger partial charge in [-0.1, -0.05) is 6.92 Å². The number of carbonyl (C=O) groups excluding carboxylic acids is 1. The van der Waals surface area contributed by atoms with Crippen LogP contribution in [0.5, 0.6) is 0 Å². The smallest absolute Gasteiger partial charge is 0.306 e. The zero-order valence-corrected chi connectivity index (χ0v) is 14.1. The molecule has 1 aliphatic rings. The predicted octanol–water partition coefficient (Wildman–Crippen LogP) is -0.765. The molecule has 21 heavy (non-hydrogen) atoms. The molecule has 0 N–H and O–H groups in total. The van der Waals surface area contributed by atoms with Crippen molar-refractivity contribution in [3.8, 4) is 0 Å². The summed E-state index contributed by atoms with van der Waals surface area (Å²) in [5.74, 6) is -0.635. The van der Waals surface area contributed by atoms with Crippen molar-refractivity contribution in [2.24, 2.45) is 0 Å². The summed E-state index contributed by atoms with van der Waals surface area (Å²) in [7, 11) is -4.36. The second-order valence-corrected chi connectivity index (χ2v) is 9.13. The third kappa shape index (κ3) is 4.63. The minimum absolute atomic E-state index is 0.00895. The zero-order valence-electron chi connectivity index (χ0n) is 12.5. The molecular formula is C11H22N2O6S2. The van der Waals surface area contributed by atoms with E-state index in [1.165, 1.54) is 18.5 Å². The summed E-state index contributed by atoms with van der Waals surface area (Å²) in [6.07, 6.45) is 0.257. The van der Waals surface area contributed by atoms with Crippen LogP contribution in [0.4, 0.5) is 0 Å². The van der Waals surface area contributed by atoms with Gasteiger partial charge < -0.3 is 4.74 Å². The summed E-state index contributed by atoms with van der Waals surface area (Å²) in [6, 6.07) is -0.537. The molecule has 1 unspecified atom stereocenters. The second kappa shape index (κ2) is 7.03. The highest BCUT2D eigenvalue weighted by atomic mass is 32.2. The number of hydrogen-bond acceptors (Lipinski definition) is 6. The number of methoxy groups -OCH3 is 1. The van der Waals surface area contributed by atoms with Crippen molar-refractivity contribution >= 4 is 26.0 Å². The average Bonchev–Trinajstić information content (AvgIpc) is 2.75. The van der Waals surface area contributed by atoms with Gasteiger partial charge in [0.25, 0.3) is 10.2 Å². The Morgan fingerprint density at radius 3 is 2.43 bits per heavy atom. The molecule has 1 fully saturated rings. The number of hydrogen-bond donors (Lipinski definition) is 0. The molecule has 124 valence electrons. The highest BCUT2D eigenvalue weighted by molar-refractivity contribution is 7.91. The Labute approximate surface area is 126 Å². The van der Waals surface area contributed by atoms with Crippen molar-refractivity contribution in [3.63, 3.8) is 0 Å². The van der Waals surface area contributed by atoms with Crippen LogP contribution >= 0.6 is 0 Å². The van der Waals surface area contributed by atoms with Gasteiger partial charge in [-0.15, -0.1) is 0 Å². The number of ether oxygens (including phenoxy) is 1. The Balaban J connectivity index is 2.80. The molecule has 0 radical (unpaired) electrons. The molecule has 0 aromatic heterocycles. The van der Waals surface area contributed by atoms with Crippen molar-refractivity contribution in [1.82, 2.24) is 8.61 Å². The Bertz CT molecular complexity index is 572. The Kier molecular flexibility index (Phi) is 6.14. The predicted molar refractivity (Wildman–Crippen MR) is 77.6 cm³/mol. The maximum absolute atomic E-state index is 12.5. The van der Waals surface area contributed by atoms with Crippen molar-refractivity contribution < 1.29 is 26.4 Å². The third-order valence-corrected chi connectivity index (χ3v) is 7.35. The highest BCUT2D eigenvalue weighted by Crippen LogP contribution is 2.21. The largest absolute Gasteiger partial charge is 0.469 e. The van der Waals surface area contributed by atoms with Gasteiger partial charge in [-0.05, 0) is 6.42 Å². The van der Waals surface area contributed by atoms with Crippen LogP contribution < -0.4 is 0 Å². The monoisotopic (exact) mass is 342 g/mol. The van der Waals surface area contributed by atoms with Gasteiger partial charge in [-0.3, -0.25) is 4.79 Å². The summed E-state index contributed by atoms with van der Waals surface area (Å²) in [4.78, 5) is 11.1. The lowest BCUT2D eigenvalue weighted by Crippen LogP contribution is -2.48. The fraction of sp³-hybridized carbons (Fsp3) is 0.909. The maximum Gasteiger partial charge on any atom is 0.306 e. The van der Waals surface area contributed by atoms with E-state index in [9.17, 15) is 21.6 Å². The van der Waals surface area contributed by atoms with E-state index in [1.54, 1.807) is 6.92 Å². The molecule has 1 rings (SSSR count). The summed E-state index contributed by atoms with van der Waals surface area (Å²) in [6.45, 7) is 1.84. The number of esters is 1. The topological polar surface area (TPSA) is 101 Å². The quantitative estimate of drug-likeness (QED) is 0.564. The molecule has 1 saturated heterocycles. The molecule has 0 spiro atoms. The van der Waals surface area contributed by atoms with Crippen LogP contribution in [0.25, 0.3) is 0 Å². The number of sulfone groups is 1. The van der Waals surface area contributed by atoms with Gasteiger partial charge in [0.15, 0.2) is 9.84 Å². The lowest BCUT2D eigenvalue weighted by molar-refractivity contribution is -0.140. The van der Waals surface area contributed by atoms with E-state index in [0.29, 0.717) is 6.42 Å². The maximum atomic E-state index is 12.5. The minimum Gasteiger partial charge on any atom is -0.469 e. The van der Waals surface area contributed by atoms with Gasteiger partial charge in [-0.2, -0.15) is 17.0 Å². The second-order valence-electron chi connectivity index (χ2n) is 4.92. The summed E-state index contributed by atoms with van der Waals surface area (Å²) in [5.41, 5.74) is 0. The van der Waals surface area contributed by atoms with E-state index in [1.807, 2.05) is 0 Å². The lowest BCUT2D eigenvalue weighted by atomic mass is 10.3. The molecule has 0 aliphatic carbocycles. The molecule has 0 bridgehead atoms. The van der Waals surface area contributed by atoms with Gasteiger partial charge in [0.05, 0.1) is 25.0 Å². The SMILES string of the molecule is CCN(C1CCS(=O)(=O)C1)S(=O)(=O)N(C)CCC(=O)OC. The molecule has 1 atom stereocenters. The zero-order chi connectivity index (χ0) is 16.3. The lowest BCUT2D eigenvalue weighted by Gasteiger charge is -2.30. The van der Waals surface area contributed by atoms with Crippen LogP contribution in [0.15, 0.2) is 0 Å². The van der Waals surface area contributed by atoms with E-state index < -0.39 is 32.1 Å². The summed E-state index contributed by atoms with van der Waals surface area (Å²) in [5, 5.41) is 0. The summed E-state index contributed by atoms with van der Waals surface area (Å²) < 4.78 is 54.7. The van der Waals surface area contributed by atoms with Crippen molar-refractivity contribution in [2.75, 3.05) is 38.8 Å². The van der Waals surface area contributed by atoms with Gasteiger partial charge in [0, 0.05) is 26.2 Å². The molecular weight excluding hydrogens is 320 g/mol. The van der Waals surface area contributed by atoms with E-state index in [2.05, 4.69) is 4.74 Å². The van der Waals surface area contributed by atoms with E-state index in [4.69, 9.17) is 0 Å². The van der Waals surface area contributed by atoms with Crippen LogP contribution in [0.2, 0.25) is 0 Å². The van der Waals surface area contributed by atoms with Crippen LogP contribution in [0, 0.1) is 0 Å². The van der Waals surface area contributed by atoms with Crippen LogP contribution in [0.3, 0.4) is 0 Å². The van der Waals surface area contributed by atoms with E-state index in [-0.39, 0.29) is 31.0 Å². The van der Waals surface area contributed by atoms with Crippen molar-refractivity contribution in [1.29, 1.82) is 0 Å². The van der Waals surface area contributed by atoms with E-state index >= 15 is 0 Å². The van der Waals surface area contributed by atoms with Gasteiger partial charge in [0.1, 0.15) is 0 Å². The minimum atomic E-state index is -3.79. The normalized spacial score (nSPS) is 21.9. The van der Waals surface area contributed by atoms with Crippen LogP contribution in [-0.2, 0) is 29.6 Å². The van der Waals surface area contributed by atoms with Crippen molar-refractivity contribution in [3.05, 3.63) is 0 Å². The molecule has 0 amide bonds. The molecule has 1 heterocycles. The standard InChI is InChI=1S/C11H22N2O6S2/c1-4-13(10-6-8-20(15,16)9-10)21(17,18)12(2)7-5-11(14)19-3/h10H,4-9H2,1-3H3. The molecule has 0 aromatic rings. The Morgan fingerprint density at radius 1 is 1.38 bits per heavy atom. The first-order chi connectivity index (χ1) is 9.64. The fourth-order valence-corrected chi connectivity index (χ4v) is 5.65. The molecule has 1 aliphatic heterocycles. The summed E-state index contributed by atoms with van der Waals surface area (Å²) >= 11 is 0. The van der Waals surface area contributed by atoms with Crippen LogP contribution in [-0.4, -0.2) is 76.2 Å². The first-order valence-electron chi connectivity index (χ1n) is 6.64. The number of carbonyl (C=O) groups is 1.